The molecule has 0 aromatic carbocycles. The zero-order chi connectivity index (χ0) is 14.5. The molecule has 0 bridgehead atoms. The van der Waals surface area contributed by atoms with Crippen LogP contribution in [0.5, 0.6) is 0 Å². The molecule has 8 heteroatoms. The molecule has 1 aromatic heterocycles. The van der Waals surface area contributed by atoms with E-state index in [1.54, 1.807) is 0 Å². The standard InChI is InChI=1S/C13H19N3O3S.ClH/c1-9-8-20-12(13(18)19-2)11(9)15-10(17)7-16-5-3-14-4-6-16;/h8,14H,3-7H2,1-2H3,(H,15,17);1H. The Balaban J connectivity index is 0.00000220. The number of carbonyl (C=O) groups is 2. The molecule has 1 amide bonds. The van der Waals surface area contributed by atoms with Gasteiger partial charge in [0.1, 0.15) is 4.88 Å². The summed E-state index contributed by atoms with van der Waals surface area (Å²) in [6.45, 7) is 5.73. The fourth-order valence-corrected chi connectivity index (χ4v) is 3.02. The van der Waals surface area contributed by atoms with Gasteiger partial charge in [0, 0.05) is 26.2 Å². The number of nitrogens with one attached hydrogen (secondary N) is 2. The maximum absolute atomic E-state index is 12.1. The lowest BCUT2D eigenvalue weighted by Gasteiger charge is -2.26. The molecular weight excluding hydrogens is 314 g/mol. The van der Waals surface area contributed by atoms with Crippen LogP contribution in [0, 0.1) is 6.92 Å². The van der Waals surface area contributed by atoms with Crippen LogP contribution < -0.4 is 10.6 Å². The highest BCUT2D eigenvalue weighted by molar-refractivity contribution is 7.12. The van der Waals surface area contributed by atoms with Crippen LogP contribution in [0.4, 0.5) is 5.69 Å². The molecule has 1 aliphatic heterocycles. The number of hydrogen-bond acceptors (Lipinski definition) is 6. The first kappa shape index (κ1) is 17.9. The number of piperazine rings is 1. The van der Waals surface area contributed by atoms with Gasteiger partial charge in [-0.15, -0.1) is 23.7 Å². The second kappa shape index (κ2) is 8.33. The minimum Gasteiger partial charge on any atom is -0.465 e. The second-order valence-electron chi connectivity index (χ2n) is 4.69. The van der Waals surface area contributed by atoms with Crippen molar-refractivity contribution < 1.29 is 14.3 Å². The van der Waals surface area contributed by atoms with Crippen LogP contribution in [0.25, 0.3) is 0 Å². The van der Waals surface area contributed by atoms with Crippen molar-refractivity contribution in [1.82, 2.24) is 10.2 Å². The molecule has 1 aromatic rings. The van der Waals surface area contributed by atoms with Crippen molar-refractivity contribution in [3.8, 4) is 0 Å². The summed E-state index contributed by atoms with van der Waals surface area (Å²) in [7, 11) is 1.34. The van der Waals surface area contributed by atoms with Crippen LogP contribution >= 0.6 is 23.7 Å². The smallest absolute Gasteiger partial charge is 0.350 e. The molecule has 118 valence electrons. The number of aryl methyl sites for hydroxylation is 1. The summed E-state index contributed by atoms with van der Waals surface area (Å²) in [6.07, 6.45) is 0. The number of hydrogen-bond donors (Lipinski definition) is 2. The van der Waals surface area contributed by atoms with Gasteiger partial charge in [-0.2, -0.15) is 0 Å². The lowest BCUT2D eigenvalue weighted by molar-refractivity contribution is -0.117. The van der Waals surface area contributed by atoms with Crippen molar-refractivity contribution in [1.29, 1.82) is 0 Å². The number of esters is 1. The van der Waals surface area contributed by atoms with Crippen molar-refractivity contribution in [3.63, 3.8) is 0 Å². The Labute approximate surface area is 134 Å². The zero-order valence-corrected chi connectivity index (χ0v) is 13.7. The number of halogens is 1. The van der Waals surface area contributed by atoms with Crippen LogP contribution in [0.2, 0.25) is 0 Å². The highest BCUT2D eigenvalue weighted by Gasteiger charge is 2.20. The van der Waals surface area contributed by atoms with Gasteiger partial charge in [-0.3, -0.25) is 9.69 Å². The molecule has 21 heavy (non-hydrogen) atoms. The first-order chi connectivity index (χ1) is 9.61. The van der Waals surface area contributed by atoms with Gasteiger partial charge in [-0.05, 0) is 17.9 Å². The van der Waals surface area contributed by atoms with Crippen LogP contribution in [0.3, 0.4) is 0 Å². The molecule has 2 rings (SSSR count). The van der Waals surface area contributed by atoms with Gasteiger partial charge in [0.2, 0.25) is 5.91 Å². The van der Waals surface area contributed by atoms with E-state index < -0.39 is 5.97 Å². The lowest BCUT2D eigenvalue weighted by Crippen LogP contribution is -2.46. The minimum absolute atomic E-state index is 0. The topological polar surface area (TPSA) is 70.7 Å². The van der Waals surface area contributed by atoms with Crippen molar-refractivity contribution in [3.05, 3.63) is 15.8 Å². The number of ether oxygens (including phenoxy) is 1. The van der Waals surface area contributed by atoms with E-state index in [0.717, 1.165) is 31.7 Å². The van der Waals surface area contributed by atoms with E-state index in [2.05, 4.69) is 15.5 Å². The molecule has 2 N–H and O–H groups in total. The third kappa shape index (κ3) is 4.67. The second-order valence-corrected chi connectivity index (χ2v) is 5.57. The maximum atomic E-state index is 12.1. The van der Waals surface area contributed by atoms with Gasteiger partial charge in [0.05, 0.1) is 19.3 Å². The third-order valence-electron chi connectivity index (χ3n) is 3.19. The zero-order valence-electron chi connectivity index (χ0n) is 12.1. The minimum atomic E-state index is -0.416. The number of anilines is 1. The fraction of sp³-hybridized carbons (Fsp3) is 0.538. The lowest BCUT2D eigenvalue weighted by atomic mass is 10.2. The molecule has 0 atom stereocenters. The van der Waals surface area contributed by atoms with Crippen LogP contribution in [0.1, 0.15) is 15.2 Å². The summed E-state index contributed by atoms with van der Waals surface area (Å²) >= 11 is 1.28. The Hall–Kier alpha value is -1.15. The number of nitrogens with zero attached hydrogens (tertiary/aromatic N) is 1. The maximum Gasteiger partial charge on any atom is 0.350 e. The van der Waals surface area contributed by atoms with Gasteiger partial charge < -0.3 is 15.4 Å². The summed E-state index contributed by atoms with van der Waals surface area (Å²) in [5.74, 6) is -0.515. The Kier molecular flexibility index (Phi) is 7.10. The molecule has 0 spiro atoms. The molecule has 1 aliphatic rings. The molecule has 0 unspecified atom stereocenters. The quantitative estimate of drug-likeness (QED) is 0.808. The molecule has 0 saturated carbocycles. The summed E-state index contributed by atoms with van der Waals surface area (Å²) < 4.78 is 4.72. The average molecular weight is 334 g/mol. The number of rotatable bonds is 4. The molecule has 2 heterocycles. The third-order valence-corrected chi connectivity index (χ3v) is 4.26. The fourth-order valence-electron chi connectivity index (χ4n) is 2.09. The summed E-state index contributed by atoms with van der Waals surface area (Å²) in [6, 6.07) is 0. The number of amides is 1. The molecule has 1 fully saturated rings. The van der Waals surface area contributed by atoms with Gasteiger partial charge >= 0.3 is 5.97 Å². The normalized spacial score (nSPS) is 15.1. The van der Waals surface area contributed by atoms with E-state index >= 15 is 0 Å². The van der Waals surface area contributed by atoms with E-state index in [0.29, 0.717) is 17.1 Å². The van der Waals surface area contributed by atoms with Crippen LogP contribution in [-0.4, -0.2) is 56.6 Å². The highest BCUT2D eigenvalue weighted by atomic mass is 35.5. The Morgan fingerprint density at radius 1 is 1.43 bits per heavy atom. The Morgan fingerprint density at radius 3 is 2.71 bits per heavy atom. The van der Waals surface area contributed by atoms with Crippen LogP contribution in [-0.2, 0) is 9.53 Å². The van der Waals surface area contributed by atoms with Gasteiger partial charge in [-0.25, -0.2) is 4.79 Å². The van der Waals surface area contributed by atoms with Gasteiger partial charge in [-0.1, -0.05) is 0 Å². The monoisotopic (exact) mass is 333 g/mol. The summed E-state index contributed by atoms with van der Waals surface area (Å²) in [5, 5.41) is 7.91. The van der Waals surface area contributed by atoms with E-state index in [9.17, 15) is 9.59 Å². The largest absolute Gasteiger partial charge is 0.465 e. The average Bonchev–Trinajstić information content (AvgIpc) is 2.80. The summed E-state index contributed by atoms with van der Waals surface area (Å²) in [4.78, 5) is 26.2. The molecular formula is C13H20ClN3O3S. The predicted octanol–water partition coefficient (Wildman–Crippen LogP) is 1.11. The van der Waals surface area contributed by atoms with Crippen molar-refractivity contribution >= 4 is 41.3 Å². The number of thiophene rings is 1. The highest BCUT2D eigenvalue weighted by Crippen LogP contribution is 2.28. The van der Waals surface area contributed by atoms with Gasteiger partial charge in [0.25, 0.3) is 0 Å². The SMILES string of the molecule is COC(=O)c1scc(C)c1NC(=O)CN1CCNCC1.Cl. The van der Waals surface area contributed by atoms with Crippen LogP contribution in [0.15, 0.2) is 5.38 Å². The van der Waals surface area contributed by atoms with E-state index in [1.165, 1.54) is 18.4 Å². The Bertz CT molecular complexity index is 501. The van der Waals surface area contributed by atoms with E-state index in [-0.39, 0.29) is 18.3 Å². The predicted molar refractivity (Wildman–Crippen MR) is 85.6 cm³/mol. The number of methoxy groups -OCH3 is 1. The first-order valence-electron chi connectivity index (χ1n) is 6.51. The molecule has 0 radical (unpaired) electrons. The first-order valence-corrected chi connectivity index (χ1v) is 7.39. The van der Waals surface area contributed by atoms with Gasteiger partial charge in [0.15, 0.2) is 0 Å². The van der Waals surface area contributed by atoms with Crippen molar-refractivity contribution in [2.24, 2.45) is 0 Å². The van der Waals surface area contributed by atoms with Crippen molar-refractivity contribution in [2.75, 3.05) is 45.2 Å². The number of carbonyl (C=O) groups excluding carboxylic acids is 2. The van der Waals surface area contributed by atoms with E-state index in [1.807, 2.05) is 12.3 Å². The Morgan fingerprint density at radius 2 is 2.10 bits per heavy atom. The summed E-state index contributed by atoms with van der Waals surface area (Å²) in [5.41, 5.74) is 1.45. The van der Waals surface area contributed by atoms with E-state index in [4.69, 9.17) is 4.74 Å². The molecule has 1 saturated heterocycles. The molecule has 6 nitrogen and oxygen atoms in total. The van der Waals surface area contributed by atoms with Crippen molar-refractivity contribution in [2.45, 2.75) is 6.92 Å². The molecule has 0 aliphatic carbocycles.